The van der Waals surface area contributed by atoms with Crippen LogP contribution in [0.5, 0.6) is 0 Å². The van der Waals surface area contributed by atoms with E-state index in [2.05, 4.69) is 46.1 Å². The number of aromatic nitrogens is 3. The maximum atomic E-state index is 13.7. The summed E-state index contributed by atoms with van der Waals surface area (Å²) in [5.74, 6) is 0.934. The molecule has 1 aromatic carbocycles. The zero-order valence-electron chi connectivity index (χ0n) is 20.9. The van der Waals surface area contributed by atoms with Gasteiger partial charge in [0.25, 0.3) is 0 Å². The van der Waals surface area contributed by atoms with Gasteiger partial charge in [0.15, 0.2) is 11.6 Å². The van der Waals surface area contributed by atoms with E-state index in [9.17, 15) is 10.1 Å². The van der Waals surface area contributed by atoms with Gasteiger partial charge in [-0.05, 0) is 47.9 Å². The summed E-state index contributed by atoms with van der Waals surface area (Å²) in [6, 6.07) is 14.2. The number of aryl methyl sites for hydroxylation is 1. The van der Waals surface area contributed by atoms with Crippen molar-refractivity contribution in [2.75, 3.05) is 4.90 Å². The Bertz CT molecular complexity index is 1660. The number of allylic oxidation sites excluding steroid dienone is 3. The van der Waals surface area contributed by atoms with Crippen LogP contribution in [0.3, 0.4) is 0 Å². The second kappa shape index (κ2) is 8.46. The molecular formula is C28H26N6O2S. The van der Waals surface area contributed by atoms with Crippen LogP contribution in [-0.2, 0) is 11.3 Å². The first kappa shape index (κ1) is 23.3. The number of hydrogen-bond acceptors (Lipinski definition) is 8. The van der Waals surface area contributed by atoms with Gasteiger partial charge >= 0.3 is 0 Å². The van der Waals surface area contributed by atoms with Gasteiger partial charge in [0.2, 0.25) is 0 Å². The number of nitriles is 1. The van der Waals surface area contributed by atoms with Gasteiger partial charge in [-0.15, -0.1) is 11.3 Å². The summed E-state index contributed by atoms with van der Waals surface area (Å²) in [7, 11) is 0. The lowest BCUT2D eigenvalue weighted by Gasteiger charge is -2.42. The second-order valence-corrected chi connectivity index (χ2v) is 11.4. The van der Waals surface area contributed by atoms with Crippen molar-refractivity contribution < 1.29 is 9.32 Å². The quantitative estimate of drug-likeness (QED) is 0.392. The van der Waals surface area contributed by atoms with Gasteiger partial charge in [0.1, 0.15) is 11.6 Å². The van der Waals surface area contributed by atoms with E-state index in [0.29, 0.717) is 47.9 Å². The van der Waals surface area contributed by atoms with E-state index in [1.807, 2.05) is 30.6 Å². The summed E-state index contributed by atoms with van der Waals surface area (Å²) >= 11 is 1.55. The second-order valence-electron chi connectivity index (χ2n) is 10.5. The molecule has 8 nitrogen and oxygen atoms in total. The van der Waals surface area contributed by atoms with E-state index in [0.717, 1.165) is 27.2 Å². The number of rotatable bonds is 4. The Morgan fingerprint density at radius 1 is 1.27 bits per heavy atom. The van der Waals surface area contributed by atoms with E-state index >= 15 is 0 Å². The molecule has 0 radical (unpaired) electrons. The van der Waals surface area contributed by atoms with Crippen LogP contribution in [0.15, 0.2) is 75.3 Å². The number of hydrogen-bond donors (Lipinski definition) is 1. The molecule has 0 amide bonds. The minimum atomic E-state index is -0.508. The first-order valence-electron chi connectivity index (χ1n) is 12.1. The maximum absolute atomic E-state index is 13.7. The van der Waals surface area contributed by atoms with Crippen LogP contribution in [0, 0.1) is 23.7 Å². The van der Waals surface area contributed by atoms with Crippen LogP contribution < -0.4 is 10.6 Å². The van der Waals surface area contributed by atoms with Gasteiger partial charge in [0.05, 0.1) is 34.9 Å². The number of anilines is 1. The van der Waals surface area contributed by atoms with Crippen molar-refractivity contribution in [2.45, 2.75) is 46.1 Å². The molecule has 0 fully saturated rings. The molecule has 0 saturated heterocycles. The maximum Gasteiger partial charge on any atom is 0.182 e. The van der Waals surface area contributed by atoms with E-state index in [1.54, 1.807) is 29.2 Å². The van der Waals surface area contributed by atoms with Crippen molar-refractivity contribution in [1.29, 1.82) is 5.26 Å². The molecule has 37 heavy (non-hydrogen) atoms. The van der Waals surface area contributed by atoms with Gasteiger partial charge in [-0.2, -0.15) is 5.26 Å². The Balaban J connectivity index is 1.45. The highest BCUT2D eigenvalue weighted by molar-refractivity contribution is 7.10. The molecule has 0 bridgehead atoms. The highest BCUT2D eigenvalue weighted by Crippen LogP contribution is 2.51. The van der Waals surface area contributed by atoms with E-state index in [4.69, 9.17) is 10.3 Å². The molecular weight excluding hydrogens is 484 g/mol. The summed E-state index contributed by atoms with van der Waals surface area (Å²) in [6.07, 6.45) is 2.88. The molecule has 4 heterocycles. The van der Waals surface area contributed by atoms with E-state index in [1.165, 1.54) is 0 Å². The van der Waals surface area contributed by atoms with Crippen LogP contribution in [0.2, 0.25) is 0 Å². The molecule has 4 aromatic rings. The zero-order chi connectivity index (χ0) is 25.9. The molecule has 1 aliphatic carbocycles. The Kier molecular flexibility index (Phi) is 5.31. The normalized spacial score (nSPS) is 19.5. The molecule has 2 N–H and O–H groups in total. The number of ketones is 1. The number of para-hydroxylation sites is 2. The largest absolute Gasteiger partial charge is 0.384 e. The van der Waals surface area contributed by atoms with Crippen molar-refractivity contribution in [2.24, 2.45) is 11.1 Å². The lowest BCUT2D eigenvalue weighted by atomic mass is 9.70. The molecule has 1 aliphatic heterocycles. The molecule has 0 spiro atoms. The third-order valence-electron chi connectivity index (χ3n) is 7.06. The number of imidazole rings is 1. The van der Waals surface area contributed by atoms with Gasteiger partial charge in [0, 0.05) is 35.2 Å². The number of thiophene rings is 1. The molecule has 9 heteroatoms. The van der Waals surface area contributed by atoms with Crippen LogP contribution in [0.1, 0.15) is 48.8 Å². The molecule has 1 atom stereocenters. The standard InChI is InChI=1S/C28H26N6O2S/c1-16-8-24(32-36-16)34-21-10-28(2,3)11-22(35)26(21)25(18(12-29)27(34)30)23-9-17(14-37-23)13-33-15-31-19-6-4-5-7-20(19)33/h4-9,14-15,25H,10-11,13,30H2,1-3H3/t25-/m0/s1. The number of nitrogens with zero attached hydrogens (tertiary/aromatic N) is 5. The number of nitrogens with two attached hydrogens (primary N) is 1. The number of fused-ring (bicyclic) bond motifs is 1. The topological polar surface area (TPSA) is 114 Å². The fraction of sp³-hybridized carbons (Fsp3) is 0.286. The van der Waals surface area contributed by atoms with Crippen LogP contribution in [-0.4, -0.2) is 20.5 Å². The predicted molar refractivity (Wildman–Crippen MR) is 141 cm³/mol. The Morgan fingerprint density at radius 2 is 2.08 bits per heavy atom. The predicted octanol–water partition coefficient (Wildman–Crippen LogP) is 5.38. The number of Topliss-reactive ketones (excluding diaryl/α,β-unsaturated/α-hetero) is 1. The highest BCUT2D eigenvalue weighted by Gasteiger charge is 2.45. The number of carbonyl (C=O) groups excluding carboxylic acids is 1. The van der Waals surface area contributed by atoms with E-state index < -0.39 is 5.92 Å². The fourth-order valence-corrected chi connectivity index (χ4v) is 6.50. The average Bonchev–Trinajstić information content (AvgIpc) is 3.59. The molecule has 6 rings (SSSR count). The summed E-state index contributed by atoms with van der Waals surface area (Å²) in [5.41, 5.74) is 11.3. The third-order valence-corrected chi connectivity index (χ3v) is 8.11. The lowest BCUT2D eigenvalue weighted by Crippen LogP contribution is -2.42. The Hall–Kier alpha value is -4.16. The SMILES string of the molecule is Cc1cc(N2C(N)=C(C#N)[C@@H](c3cc(Cn4cnc5ccccc54)cs3)C3=C2CC(C)(C)CC3=O)no1. The Labute approximate surface area is 218 Å². The van der Waals surface area contributed by atoms with Crippen molar-refractivity contribution in [3.63, 3.8) is 0 Å². The third kappa shape index (κ3) is 3.85. The highest BCUT2D eigenvalue weighted by atomic mass is 32.1. The monoisotopic (exact) mass is 510 g/mol. The fourth-order valence-electron chi connectivity index (χ4n) is 5.48. The minimum absolute atomic E-state index is 0.0391. The summed E-state index contributed by atoms with van der Waals surface area (Å²) in [4.78, 5) is 20.8. The van der Waals surface area contributed by atoms with Gasteiger partial charge in [-0.25, -0.2) is 4.98 Å². The average molecular weight is 511 g/mol. The van der Waals surface area contributed by atoms with Crippen LogP contribution >= 0.6 is 11.3 Å². The van der Waals surface area contributed by atoms with Gasteiger partial charge < -0.3 is 14.8 Å². The van der Waals surface area contributed by atoms with Crippen molar-refractivity contribution >= 4 is 34.0 Å². The van der Waals surface area contributed by atoms with Gasteiger partial charge in [-0.1, -0.05) is 31.1 Å². The number of carbonyl (C=O) groups is 1. The molecule has 186 valence electrons. The van der Waals surface area contributed by atoms with Crippen LogP contribution in [0.25, 0.3) is 11.0 Å². The summed E-state index contributed by atoms with van der Waals surface area (Å²) in [5, 5.41) is 16.5. The summed E-state index contributed by atoms with van der Waals surface area (Å²) < 4.78 is 7.43. The zero-order valence-corrected chi connectivity index (χ0v) is 21.7. The van der Waals surface area contributed by atoms with Gasteiger partial charge in [-0.3, -0.25) is 9.69 Å². The molecule has 0 saturated carbocycles. The Morgan fingerprint density at radius 3 is 2.84 bits per heavy atom. The molecule has 3 aromatic heterocycles. The summed E-state index contributed by atoms with van der Waals surface area (Å²) in [6.45, 7) is 6.60. The number of benzene rings is 1. The first-order chi connectivity index (χ1) is 17.8. The molecule has 0 unspecified atom stereocenters. The smallest absolute Gasteiger partial charge is 0.182 e. The van der Waals surface area contributed by atoms with Crippen molar-refractivity contribution in [3.8, 4) is 6.07 Å². The van der Waals surface area contributed by atoms with E-state index in [-0.39, 0.29) is 11.2 Å². The van der Waals surface area contributed by atoms with Crippen LogP contribution in [0.4, 0.5) is 5.82 Å². The lowest BCUT2D eigenvalue weighted by molar-refractivity contribution is -0.118. The minimum Gasteiger partial charge on any atom is -0.384 e. The van der Waals surface area contributed by atoms with Crippen molar-refractivity contribution in [3.05, 3.63) is 87.0 Å². The molecule has 2 aliphatic rings. The first-order valence-corrected chi connectivity index (χ1v) is 13.0. The van der Waals surface area contributed by atoms with Crippen molar-refractivity contribution in [1.82, 2.24) is 14.7 Å².